The monoisotopic (exact) mass is 292 g/mol. The lowest BCUT2D eigenvalue weighted by Crippen LogP contribution is -2.38. The molecule has 1 aliphatic heterocycles. The summed E-state index contributed by atoms with van der Waals surface area (Å²) >= 11 is 0. The molecular formula is C15H20N2O4. The van der Waals surface area contributed by atoms with Crippen LogP contribution in [0.3, 0.4) is 0 Å². The highest BCUT2D eigenvalue weighted by Crippen LogP contribution is 2.25. The number of rotatable bonds is 3. The van der Waals surface area contributed by atoms with Gasteiger partial charge in [-0.25, -0.2) is 0 Å². The van der Waals surface area contributed by atoms with Crippen molar-refractivity contribution in [3.05, 3.63) is 29.8 Å². The van der Waals surface area contributed by atoms with Crippen LogP contribution in [0.4, 0.5) is 0 Å². The number of phenolic OH excluding ortho intramolecular Hbond substituents is 1. The first kappa shape index (κ1) is 15.3. The van der Waals surface area contributed by atoms with Gasteiger partial charge >= 0.3 is 5.97 Å². The summed E-state index contributed by atoms with van der Waals surface area (Å²) in [5.74, 6) is -0.878. The zero-order chi connectivity index (χ0) is 15.4. The van der Waals surface area contributed by atoms with Crippen LogP contribution in [0.15, 0.2) is 24.3 Å². The maximum absolute atomic E-state index is 11.6. The van der Waals surface area contributed by atoms with Crippen LogP contribution in [-0.2, 0) is 9.59 Å². The van der Waals surface area contributed by atoms with E-state index in [-0.39, 0.29) is 11.7 Å². The fourth-order valence-corrected chi connectivity index (χ4v) is 2.71. The Morgan fingerprint density at radius 3 is 2.57 bits per heavy atom. The number of carbonyl (C=O) groups is 2. The molecule has 1 aromatic rings. The van der Waals surface area contributed by atoms with Gasteiger partial charge in [0.1, 0.15) is 11.8 Å². The van der Waals surface area contributed by atoms with Gasteiger partial charge in [0.25, 0.3) is 0 Å². The second-order valence-electron chi connectivity index (χ2n) is 5.23. The van der Waals surface area contributed by atoms with E-state index < -0.39 is 12.0 Å². The summed E-state index contributed by atoms with van der Waals surface area (Å²) in [6.07, 6.45) is 0.738. The number of aliphatic carboxylic acids is 1. The Morgan fingerprint density at radius 1 is 1.19 bits per heavy atom. The second kappa shape index (κ2) is 6.58. The molecule has 114 valence electrons. The fourth-order valence-electron chi connectivity index (χ4n) is 2.71. The molecule has 6 nitrogen and oxygen atoms in total. The minimum absolute atomic E-state index is 0.0149. The van der Waals surface area contributed by atoms with Crippen LogP contribution in [-0.4, -0.2) is 58.1 Å². The molecule has 1 aliphatic rings. The quantitative estimate of drug-likeness (QED) is 0.871. The van der Waals surface area contributed by atoms with E-state index in [2.05, 4.69) is 0 Å². The summed E-state index contributed by atoms with van der Waals surface area (Å²) < 4.78 is 0. The highest BCUT2D eigenvalue weighted by atomic mass is 16.4. The van der Waals surface area contributed by atoms with Crippen molar-refractivity contribution in [2.45, 2.75) is 19.4 Å². The molecule has 1 saturated heterocycles. The van der Waals surface area contributed by atoms with Gasteiger partial charge in [0, 0.05) is 33.1 Å². The Morgan fingerprint density at radius 2 is 1.95 bits per heavy atom. The third kappa shape index (κ3) is 3.72. The van der Waals surface area contributed by atoms with E-state index >= 15 is 0 Å². The van der Waals surface area contributed by atoms with Crippen molar-refractivity contribution >= 4 is 11.9 Å². The first-order chi connectivity index (χ1) is 9.99. The van der Waals surface area contributed by atoms with Gasteiger partial charge in [-0.2, -0.15) is 0 Å². The van der Waals surface area contributed by atoms with Crippen molar-refractivity contribution in [2.24, 2.45) is 0 Å². The van der Waals surface area contributed by atoms with Gasteiger partial charge in [-0.05, 0) is 24.1 Å². The largest absolute Gasteiger partial charge is 0.508 e. The number of carboxylic acid groups (broad SMARTS) is 1. The fraction of sp³-hybridized carbons (Fsp3) is 0.467. The van der Waals surface area contributed by atoms with Gasteiger partial charge in [-0.15, -0.1) is 0 Å². The zero-order valence-corrected chi connectivity index (χ0v) is 12.0. The topological polar surface area (TPSA) is 81.1 Å². The van der Waals surface area contributed by atoms with E-state index in [1.165, 1.54) is 19.1 Å². The standard InChI is InChI=1S/C15H20N2O4/c1-11(18)16-6-3-7-17(9-8-16)14(15(20)21)12-4-2-5-13(19)10-12/h2,4-5,10,14,19H,3,6-9H2,1H3,(H,20,21). The first-order valence-electron chi connectivity index (χ1n) is 7.00. The lowest BCUT2D eigenvalue weighted by atomic mass is 10.0. The van der Waals surface area contributed by atoms with E-state index in [1.807, 2.05) is 4.90 Å². The molecule has 0 aromatic heterocycles. The molecule has 6 heteroatoms. The highest BCUT2D eigenvalue weighted by molar-refractivity contribution is 5.76. The predicted molar refractivity (Wildman–Crippen MR) is 76.9 cm³/mol. The average Bonchev–Trinajstić information content (AvgIpc) is 2.64. The number of hydrogen-bond acceptors (Lipinski definition) is 4. The molecule has 2 rings (SSSR count). The van der Waals surface area contributed by atoms with Gasteiger partial charge in [0.2, 0.25) is 5.91 Å². The SMILES string of the molecule is CC(=O)N1CCCN(C(C(=O)O)c2cccc(O)c2)CC1. The lowest BCUT2D eigenvalue weighted by Gasteiger charge is -2.27. The van der Waals surface area contributed by atoms with Gasteiger partial charge in [-0.1, -0.05) is 12.1 Å². The molecule has 2 N–H and O–H groups in total. The van der Waals surface area contributed by atoms with Crippen LogP contribution in [0.1, 0.15) is 24.9 Å². The second-order valence-corrected chi connectivity index (χ2v) is 5.23. The van der Waals surface area contributed by atoms with E-state index in [9.17, 15) is 19.8 Å². The van der Waals surface area contributed by atoms with Crippen LogP contribution in [0.25, 0.3) is 0 Å². The van der Waals surface area contributed by atoms with Crippen molar-refractivity contribution in [3.63, 3.8) is 0 Å². The molecule has 1 heterocycles. The van der Waals surface area contributed by atoms with Crippen LogP contribution in [0.2, 0.25) is 0 Å². The number of aromatic hydroxyl groups is 1. The molecule has 1 fully saturated rings. The molecule has 1 unspecified atom stereocenters. The first-order valence-corrected chi connectivity index (χ1v) is 7.00. The highest BCUT2D eigenvalue weighted by Gasteiger charge is 2.29. The Balaban J connectivity index is 2.19. The van der Waals surface area contributed by atoms with Crippen molar-refractivity contribution in [3.8, 4) is 5.75 Å². The number of phenols is 1. The summed E-state index contributed by atoms with van der Waals surface area (Å²) in [4.78, 5) is 26.7. The maximum atomic E-state index is 11.6. The van der Waals surface area contributed by atoms with E-state index in [0.29, 0.717) is 31.7 Å². The third-order valence-electron chi connectivity index (χ3n) is 3.76. The number of amides is 1. The Bertz CT molecular complexity index is 532. The molecule has 1 aromatic carbocycles. The molecule has 0 aliphatic carbocycles. The summed E-state index contributed by atoms with van der Waals surface area (Å²) in [6.45, 7) is 3.82. The molecular weight excluding hydrogens is 272 g/mol. The molecule has 21 heavy (non-hydrogen) atoms. The van der Waals surface area contributed by atoms with E-state index in [0.717, 1.165) is 6.42 Å². The van der Waals surface area contributed by atoms with Crippen LogP contribution in [0.5, 0.6) is 5.75 Å². The van der Waals surface area contributed by atoms with Gasteiger partial charge in [0.15, 0.2) is 0 Å². The number of carboxylic acids is 1. The molecule has 0 bridgehead atoms. The number of hydrogen-bond donors (Lipinski definition) is 2. The van der Waals surface area contributed by atoms with Crippen molar-refractivity contribution in [1.29, 1.82) is 0 Å². The van der Waals surface area contributed by atoms with Crippen LogP contribution < -0.4 is 0 Å². The number of nitrogens with zero attached hydrogens (tertiary/aromatic N) is 2. The summed E-state index contributed by atoms with van der Waals surface area (Å²) in [7, 11) is 0. The normalized spacial score (nSPS) is 18.0. The van der Waals surface area contributed by atoms with Crippen molar-refractivity contribution in [2.75, 3.05) is 26.2 Å². The van der Waals surface area contributed by atoms with E-state index in [1.54, 1.807) is 17.0 Å². The maximum Gasteiger partial charge on any atom is 0.325 e. The summed E-state index contributed by atoms with van der Waals surface area (Å²) in [5, 5.41) is 19.1. The zero-order valence-electron chi connectivity index (χ0n) is 12.0. The van der Waals surface area contributed by atoms with Crippen molar-refractivity contribution in [1.82, 2.24) is 9.80 Å². The Labute approximate surface area is 123 Å². The molecule has 0 radical (unpaired) electrons. The summed E-state index contributed by atoms with van der Waals surface area (Å²) in [5.41, 5.74) is 0.554. The van der Waals surface area contributed by atoms with Gasteiger partial charge < -0.3 is 15.1 Å². The molecule has 0 spiro atoms. The van der Waals surface area contributed by atoms with Gasteiger partial charge in [-0.3, -0.25) is 14.5 Å². The van der Waals surface area contributed by atoms with Crippen molar-refractivity contribution < 1.29 is 19.8 Å². The third-order valence-corrected chi connectivity index (χ3v) is 3.76. The molecule has 0 saturated carbocycles. The number of benzene rings is 1. The minimum Gasteiger partial charge on any atom is -0.508 e. The van der Waals surface area contributed by atoms with Crippen LogP contribution in [0, 0.1) is 0 Å². The van der Waals surface area contributed by atoms with Gasteiger partial charge in [0.05, 0.1) is 0 Å². The van der Waals surface area contributed by atoms with Crippen LogP contribution >= 0.6 is 0 Å². The smallest absolute Gasteiger partial charge is 0.325 e. The van der Waals surface area contributed by atoms with E-state index in [4.69, 9.17) is 0 Å². The summed E-state index contributed by atoms with van der Waals surface area (Å²) in [6, 6.07) is 5.53. The minimum atomic E-state index is -0.947. The molecule has 1 amide bonds. The lowest BCUT2D eigenvalue weighted by molar-refractivity contribution is -0.143. The number of carbonyl (C=O) groups excluding carboxylic acids is 1. The Hall–Kier alpha value is -2.08. The molecule has 1 atom stereocenters. The average molecular weight is 292 g/mol. The Kier molecular flexibility index (Phi) is 4.80. The predicted octanol–water partition coefficient (Wildman–Crippen LogP) is 1.07.